The molecule has 134 valence electrons. The van der Waals surface area contributed by atoms with Crippen molar-refractivity contribution in [3.8, 4) is 0 Å². The fourth-order valence-corrected chi connectivity index (χ4v) is 3.03. The topological polar surface area (TPSA) is 95.6 Å². The number of anilines is 2. The number of carbonyl (C=O) groups is 2. The van der Waals surface area contributed by atoms with Gasteiger partial charge in [0, 0.05) is 31.1 Å². The standard InChI is InChI=1S/C16H25N3O4S/c1-12(20)17-13-7-6-8-14(11-13)19(24(5,22)23)10-9-15(21)18-16(2,3)4/h6-8,11H,9-10H2,1-5H3,(H,17,20)(H,18,21). The molecule has 1 aromatic rings. The number of amides is 2. The fourth-order valence-electron chi connectivity index (χ4n) is 2.11. The third-order valence-corrected chi connectivity index (χ3v) is 4.11. The molecule has 0 radical (unpaired) electrons. The van der Waals surface area contributed by atoms with Crippen LogP contribution in [-0.4, -0.2) is 38.6 Å². The summed E-state index contributed by atoms with van der Waals surface area (Å²) in [4.78, 5) is 23.1. The summed E-state index contributed by atoms with van der Waals surface area (Å²) in [6.07, 6.45) is 1.12. The number of hydrogen-bond donors (Lipinski definition) is 2. The van der Waals surface area contributed by atoms with Gasteiger partial charge in [0.2, 0.25) is 21.8 Å². The van der Waals surface area contributed by atoms with E-state index in [0.29, 0.717) is 11.4 Å². The summed E-state index contributed by atoms with van der Waals surface area (Å²) in [6.45, 7) is 6.96. The van der Waals surface area contributed by atoms with Crippen molar-refractivity contribution in [2.75, 3.05) is 22.4 Å². The molecule has 0 saturated carbocycles. The lowest BCUT2D eigenvalue weighted by Gasteiger charge is -2.25. The van der Waals surface area contributed by atoms with Crippen LogP contribution < -0.4 is 14.9 Å². The highest BCUT2D eigenvalue weighted by Crippen LogP contribution is 2.22. The number of hydrogen-bond acceptors (Lipinski definition) is 4. The van der Waals surface area contributed by atoms with E-state index >= 15 is 0 Å². The van der Waals surface area contributed by atoms with Gasteiger partial charge in [0.1, 0.15) is 0 Å². The molecule has 0 saturated heterocycles. The van der Waals surface area contributed by atoms with Crippen molar-refractivity contribution >= 4 is 33.2 Å². The van der Waals surface area contributed by atoms with Crippen LogP contribution in [0.3, 0.4) is 0 Å². The lowest BCUT2D eigenvalue weighted by atomic mass is 10.1. The van der Waals surface area contributed by atoms with Crippen LogP contribution in [-0.2, 0) is 19.6 Å². The molecule has 1 rings (SSSR count). The lowest BCUT2D eigenvalue weighted by Crippen LogP contribution is -2.42. The first-order chi connectivity index (χ1) is 10.9. The average molecular weight is 355 g/mol. The highest BCUT2D eigenvalue weighted by Gasteiger charge is 2.20. The summed E-state index contributed by atoms with van der Waals surface area (Å²) in [5.41, 5.74) is 0.512. The Bertz CT molecular complexity index is 708. The molecule has 8 heteroatoms. The summed E-state index contributed by atoms with van der Waals surface area (Å²) >= 11 is 0. The van der Waals surface area contributed by atoms with Gasteiger partial charge in [-0.15, -0.1) is 0 Å². The average Bonchev–Trinajstić information content (AvgIpc) is 2.34. The summed E-state index contributed by atoms with van der Waals surface area (Å²) < 4.78 is 25.3. The molecule has 0 aliphatic carbocycles. The summed E-state index contributed by atoms with van der Waals surface area (Å²) in [5, 5.41) is 5.41. The molecule has 0 bridgehead atoms. The third kappa shape index (κ3) is 6.99. The van der Waals surface area contributed by atoms with Crippen LogP contribution in [0.5, 0.6) is 0 Å². The zero-order chi connectivity index (χ0) is 18.5. The highest BCUT2D eigenvalue weighted by atomic mass is 32.2. The minimum absolute atomic E-state index is 0.0181. The van der Waals surface area contributed by atoms with E-state index in [1.807, 2.05) is 20.8 Å². The van der Waals surface area contributed by atoms with Crippen molar-refractivity contribution < 1.29 is 18.0 Å². The Morgan fingerprint density at radius 2 is 1.83 bits per heavy atom. The van der Waals surface area contributed by atoms with Crippen LogP contribution in [0.4, 0.5) is 11.4 Å². The van der Waals surface area contributed by atoms with Crippen LogP contribution in [0, 0.1) is 0 Å². The van der Waals surface area contributed by atoms with Gasteiger partial charge >= 0.3 is 0 Å². The van der Waals surface area contributed by atoms with Gasteiger partial charge in [0.15, 0.2) is 0 Å². The van der Waals surface area contributed by atoms with Gasteiger partial charge in [0.25, 0.3) is 0 Å². The maximum absolute atomic E-state index is 12.1. The quantitative estimate of drug-likeness (QED) is 0.812. The molecule has 2 amide bonds. The second kappa shape index (κ2) is 7.65. The number of rotatable bonds is 6. The molecule has 1 aromatic carbocycles. The van der Waals surface area contributed by atoms with Crippen molar-refractivity contribution in [2.45, 2.75) is 39.7 Å². The highest BCUT2D eigenvalue weighted by molar-refractivity contribution is 7.92. The number of carbonyl (C=O) groups excluding carboxylic acids is 2. The Morgan fingerprint density at radius 1 is 1.21 bits per heavy atom. The van der Waals surface area contributed by atoms with Crippen molar-refractivity contribution in [3.05, 3.63) is 24.3 Å². The Balaban J connectivity index is 2.95. The summed E-state index contributed by atoms with van der Waals surface area (Å²) in [7, 11) is -3.56. The normalized spacial score (nSPS) is 11.7. The van der Waals surface area contributed by atoms with Gasteiger partial charge in [-0.25, -0.2) is 8.42 Å². The molecule has 7 nitrogen and oxygen atoms in total. The van der Waals surface area contributed by atoms with Crippen LogP contribution in [0.1, 0.15) is 34.1 Å². The molecule has 0 fully saturated rings. The lowest BCUT2D eigenvalue weighted by molar-refractivity contribution is -0.122. The molecule has 2 N–H and O–H groups in total. The molecular formula is C16H25N3O4S. The second-order valence-corrected chi connectivity index (χ2v) is 8.52. The Kier molecular flexibility index (Phi) is 6.36. The number of nitrogens with one attached hydrogen (secondary N) is 2. The maximum atomic E-state index is 12.1. The molecule has 0 heterocycles. The van der Waals surface area contributed by atoms with Crippen molar-refractivity contribution in [3.63, 3.8) is 0 Å². The smallest absolute Gasteiger partial charge is 0.232 e. The predicted octanol–water partition coefficient (Wildman–Crippen LogP) is 1.72. The maximum Gasteiger partial charge on any atom is 0.232 e. The predicted molar refractivity (Wildman–Crippen MR) is 95.4 cm³/mol. The largest absolute Gasteiger partial charge is 0.351 e. The number of nitrogens with zero attached hydrogens (tertiary/aromatic N) is 1. The van der Waals surface area contributed by atoms with Gasteiger partial charge in [-0.2, -0.15) is 0 Å². The van der Waals surface area contributed by atoms with Crippen molar-refractivity contribution in [1.82, 2.24) is 5.32 Å². The molecular weight excluding hydrogens is 330 g/mol. The van der Waals surface area contributed by atoms with E-state index in [0.717, 1.165) is 10.6 Å². The van der Waals surface area contributed by atoms with Gasteiger partial charge in [-0.05, 0) is 39.0 Å². The minimum Gasteiger partial charge on any atom is -0.351 e. The van der Waals surface area contributed by atoms with Crippen LogP contribution in [0.25, 0.3) is 0 Å². The van der Waals surface area contributed by atoms with E-state index in [1.165, 1.54) is 6.92 Å². The van der Waals surface area contributed by atoms with E-state index in [2.05, 4.69) is 10.6 Å². The van der Waals surface area contributed by atoms with Gasteiger partial charge in [-0.1, -0.05) is 6.07 Å². The van der Waals surface area contributed by atoms with E-state index in [1.54, 1.807) is 24.3 Å². The Morgan fingerprint density at radius 3 is 2.33 bits per heavy atom. The minimum atomic E-state index is -3.56. The monoisotopic (exact) mass is 355 g/mol. The van der Waals surface area contributed by atoms with E-state index in [-0.39, 0.29) is 30.3 Å². The summed E-state index contributed by atoms with van der Waals surface area (Å²) in [6, 6.07) is 6.49. The third-order valence-electron chi connectivity index (χ3n) is 2.91. The molecule has 0 unspecified atom stereocenters. The first-order valence-corrected chi connectivity index (χ1v) is 9.40. The van der Waals surface area contributed by atoms with E-state index in [4.69, 9.17) is 0 Å². The Labute approximate surface area is 143 Å². The van der Waals surface area contributed by atoms with Crippen LogP contribution in [0.15, 0.2) is 24.3 Å². The van der Waals surface area contributed by atoms with Crippen LogP contribution in [0.2, 0.25) is 0 Å². The van der Waals surface area contributed by atoms with E-state index < -0.39 is 10.0 Å². The molecule has 24 heavy (non-hydrogen) atoms. The van der Waals surface area contributed by atoms with Crippen molar-refractivity contribution in [2.24, 2.45) is 0 Å². The van der Waals surface area contributed by atoms with E-state index in [9.17, 15) is 18.0 Å². The molecule has 0 aliphatic rings. The number of benzene rings is 1. The zero-order valence-electron chi connectivity index (χ0n) is 14.7. The van der Waals surface area contributed by atoms with Gasteiger partial charge < -0.3 is 10.6 Å². The first kappa shape index (κ1) is 20.0. The molecule has 0 atom stereocenters. The summed E-state index contributed by atoms with van der Waals surface area (Å²) in [5.74, 6) is -0.475. The molecule has 0 aliphatic heterocycles. The van der Waals surface area contributed by atoms with Crippen LogP contribution >= 0.6 is 0 Å². The van der Waals surface area contributed by atoms with Gasteiger partial charge in [0.05, 0.1) is 11.9 Å². The second-order valence-electron chi connectivity index (χ2n) is 6.61. The molecule has 0 spiro atoms. The Hall–Kier alpha value is -2.09. The number of sulfonamides is 1. The first-order valence-electron chi connectivity index (χ1n) is 7.55. The fraction of sp³-hybridized carbons (Fsp3) is 0.500. The zero-order valence-corrected chi connectivity index (χ0v) is 15.5. The van der Waals surface area contributed by atoms with Gasteiger partial charge in [-0.3, -0.25) is 13.9 Å². The molecule has 0 aromatic heterocycles. The van der Waals surface area contributed by atoms with Crippen molar-refractivity contribution in [1.29, 1.82) is 0 Å². The SMILES string of the molecule is CC(=O)Nc1cccc(N(CCC(=O)NC(C)(C)C)S(C)(=O)=O)c1.